The molecule has 5 nitrogen and oxygen atoms in total. The number of aromatic nitrogens is 2. The second kappa shape index (κ2) is 5.60. The van der Waals surface area contributed by atoms with E-state index >= 15 is 0 Å². The Morgan fingerprint density at radius 2 is 2.35 bits per heavy atom. The summed E-state index contributed by atoms with van der Waals surface area (Å²) in [6.07, 6.45) is 3.31. The van der Waals surface area contributed by atoms with E-state index in [1.165, 1.54) is 12.8 Å². The minimum Gasteiger partial charge on any atom is -0.338 e. The highest BCUT2D eigenvalue weighted by molar-refractivity contribution is 4.89. The molecule has 1 fully saturated rings. The molecule has 1 aromatic heterocycles. The molecule has 0 radical (unpaired) electrons. The van der Waals surface area contributed by atoms with E-state index in [4.69, 9.17) is 10.3 Å². The van der Waals surface area contributed by atoms with E-state index in [-0.39, 0.29) is 0 Å². The zero-order valence-electron chi connectivity index (χ0n) is 10.7. The molecule has 2 heterocycles. The first-order valence-electron chi connectivity index (χ1n) is 6.50. The molecular weight excluding hydrogens is 216 g/mol. The molecule has 0 bridgehead atoms. The number of nitrogens with two attached hydrogens (primary N) is 1. The zero-order valence-corrected chi connectivity index (χ0v) is 10.7. The van der Waals surface area contributed by atoms with Crippen molar-refractivity contribution in [3.63, 3.8) is 0 Å². The number of nitrogens with zero attached hydrogens (tertiary/aromatic N) is 3. The van der Waals surface area contributed by atoms with Gasteiger partial charge < -0.3 is 10.3 Å². The zero-order chi connectivity index (χ0) is 12.3. The number of hydrogen-bond donors (Lipinski definition) is 1. The van der Waals surface area contributed by atoms with Gasteiger partial charge in [-0.05, 0) is 25.3 Å². The van der Waals surface area contributed by atoms with E-state index < -0.39 is 0 Å². The summed E-state index contributed by atoms with van der Waals surface area (Å²) in [7, 11) is 0. The van der Waals surface area contributed by atoms with Crippen molar-refractivity contribution in [3.8, 4) is 0 Å². The van der Waals surface area contributed by atoms with E-state index in [1.807, 2.05) is 6.92 Å². The van der Waals surface area contributed by atoms with E-state index in [0.29, 0.717) is 18.5 Å². The average molecular weight is 238 g/mol. The van der Waals surface area contributed by atoms with Gasteiger partial charge in [0.05, 0.1) is 6.54 Å². The van der Waals surface area contributed by atoms with Gasteiger partial charge in [-0.25, -0.2) is 0 Å². The van der Waals surface area contributed by atoms with Crippen LogP contribution in [0.5, 0.6) is 0 Å². The molecule has 96 valence electrons. The second-order valence-corrected chi connectivity index (χ2v) is 4.85. The molecule has 2 N–H and O–H groups in total. The van der Waals surface area contributed by atoms with Crippen LogP contribution in [0, 0.1) is 5.92 Å². The molecule has 1 aliphatic heterocycles. The van der Waals surface area contributed by atoms with Crippen LogP contribution in [0.4, 0.5) is 0 Å². The van der Waals surface area contributed by atoms with Gasteiger partial charge in [-0.15, -0.1) is 0 Å². The van der Waals surface area contributed by atoms with E-state index in [1.54, 1.807) is 0 Å². The Hall–Kier alpha value is -0.940. The molecule has 5 heteroatoms. The van der Waals surface area contributed by atoms with Crippen molar-refractivity contribution in [1.29, 1.82) is 0 Å². The lowest BCUT2D eigenvalue weighted by atomic mass is 9.91. The van der Waals surface area contributed by atoms with Gasteiger partial charge >= 0.3 is 0 Å². The molecule has 17 heavy (non-hydrogen) atoms. The maximum absolute atomic E-state index is 5.86. The van der Waals surface area contributed by atoms with Crippen LogP contribution in [0.1, 0.15) is 38.4 Å². The fourth-order valence-electron chi connectivity index (χ4n) is 2.58. The summed E-state index contributed by atoms with van der Waals surface area (Å²) < 4.78 is 5.24. The predicted octanol–water partition coefficient (Wildman–Crippen LogP) is 1.19. The summed E-state index contributed by atoms with van der Waals surface area (Å²) in [5.74, 6) is 2.16. The molecule has 0 spiro atoms. The number of hydrogen-bond acceptors (Lipinski definition) is 5. The van der Waals surface area contributed by atoms with Gasteiger partial charge in [-0.2, -0.15) is 4.98 Å². The van der Waals surface area contributed by atoms with Crippen LogP contribution in [0.15, 0.2) is 4.52 Å². The van der Waals surface area contributed by atoms with Crippen LogP contribution < -0.4 is 5.73 Å². The van der Waals surface area contributed by atoms with Gasteiger partial charge in [-0.3, -0.25) is 4.90 Å². The Morgan fingerprint density at radius 3 is 3.00 bits per heavy atom. The van der Waals surface area contributed by atoms with Gasteiger partial charge in [0.25, 0.3) is 0 Å². The first kappa shape index (κ1) is 12.5. The summed E-state index contributed by atoms with van der Waals surface area (Å²) in [5, 5.41) is 3.93. The molecule has 2 rings (SSSR count). The van der Waals surface area contributed by atoms with Gasteiger partial charge in [0, 0.05) is 19.0 Å². The SMILES string of the molecule is CCc1noc(CN2CCCC(C)C2CN)n1. The van der Waals surface area contributed by atoms with Crippen molar-refractivity contribution in [3.05, 3.63) is 11.7 Å². The van der Waals surface area contributed by atoms with Crippen LogP contribution in [0.2, 0.25) is 0 Å². The quantitative estimate of drug-likeness (QED) is 0.853. The minimum absolute atomic E-state index is 0.445. The van der Waals surface area contributed by atoms with Crippen LogP contribution >= 0.6 is 0 Å². The van der Waals surface area contributed by atoms with Gasteiger partial charge in [-0.1, -0.05) is 19.0 Å². The van der Waals surface area contributed by atoms with Crippen molar-refractivity contribution >= 4 is 0 Å². The van der Waals surface area contributed by atoms with Crippen molar-refractivity contribution < 1.29 is 4.52 Å². The molecule has 0 amide bonds. The summed E-state index contributed by atoms with van der Waals surface area (Å²) in [5.41, 5.74) is 5.86. The highest BCUT2D eigenvalue weighted by Gasteiger charge is 2.28. The molecule has 0 aromatic carbocycles. The molecule has 1 aliphatic rings. The number of rotatable bonds is 4. The van der Waals surface area contributed by atoms with Crippen LogP contribution in [0.25, 0.3) is 0 Å². The molecular formula is C12H22N4O. The maximum atomic E-state index is 5.86. The molecule has 1 saturated heterocycles. The van der Waals surface area contributed by atoms with Crippen molar-refractivity contribution in [2.45, 2.75) is 45.7 Å². The largest absolute Gasteiger partial charge is 0.338 e. The van der Waals surface area contributed by atoms with Crippen LogP contribution in [-0.2, 0) is 13.0 Å². The molecule has 2 unspecified atom stereocenters. The third kappa shape index (κ3) is 2.84. The molecule has 2 atom stereocenters. The lowest BCUT2D eigenvalue weighted by molar-refractivity contribution is 0.0874. The van der Waals surface area contributed by atoms with Crippen molar-refractivity contribution in [2.75, 3.05) is 13.1 Å². The summed E-state index contributed by atoms with van der Waals surface area (Å²) in [6, 6.07) is 0.445. The van der Waals surface area contributed by atoms with Gasteiger partial charge in [0.2, 0.25) is 5.89 Å². The Kier molecular flexibility index (Phi) is 4.12. The summed E-state index contributed by atoms with van der Waals surface area (Å²) in [6.45, 7) is 6.82. The third-order valence-corrected chi connectivity index (χ3v) is 3.64. The monoisotopic (exact) mass is 238 g/mol. The van der Waals surface area contributed by atoms with E-state index in [9.17, 15) is 0 Å². The van der Waals surface area contributed by atoms with Crippen molar-refractivity contribution in [1.82, 2.24) is 15.0 Å². The van der Waals surface area contributed by atoms with Gasteiger partial charge in [0.15, 0.2) is 5.82 Å². The average Bonchev–Trinajstić information content (AvgIpc) is 2.77. The topological polar surface area (TPSA) is 68.2 Å². The van der Waals surface area contributed by atoms with E-state index in [2.05, 4.69) is 22.0 Å². The standard InChI is InChI=1S/C12H22N4O/c1-3-11-14-12(17-15-11)8-16-6-4-5-9(2)10(16)7-13/h9-10H,3-8,13H2,1-2H3. The lowest BCUT2D eigenvalue weighted by Crippen LogP contribution is -2.48. The lowest BCUT2D eigenvalue weighted by Gasteiger charge is -2.38. The van der Waals surface area contributed by atoms with Crippen molar-refractivity contribution in [2.24, 2.45) is 11.7 Å². The summed E-state index contributed by atoms with van der Waals surface area (Å²) >= 11 is 0. The first-order valence-corrected chi connectivity index (χ1v) is 6.50. The Balaban J connectivity index is 2.00. The number of piperidine rings is 1. The van der Waals surface area contributed by atoms with E-state index in [0.717, 1.165) is 31.2 Å². The van der Waals surface area contributed by atoms with Crippen LogP contribution in [0.3, 0.4) is 0 Å². The Morgan fingerprint density at radius 1 is 1.53 bits per heavy atom. The molecule has 1 aromatic rings. The highest BCUT2D eigenvalue weighted by Crippen LogP contribution is 2.23. The fourth-order valence-corrected chi connectivity index (χ4v) is 2.58. The predicted molar refractivity (Wildman–Crippen MR) is 65.3 cm³/mol. The fraction of sp³-hybridized carbons (Fsp3) is 0.833. The van der Waals surface area contributed by atoms with Gasteiger partial charge in [0.1, 0.15) is 0 Å². The first-order chi connectivity index (χ1) is 8.24. The molecule has 0 aliphatic carbocycles. The minimum atomic E-state index is 0.445. The normalized spacial score (nSPS) is 26.3. The Labute approximate surface area is 102 Å². The van der Waals surface area contributed by atoms with Crippen LogP contribution in [-0.4, -0.2) is 34.2 Å². The third-order valence-electron chi connectivity index (χ3n) is 3.64. The molecule has 0 saturated carbocycles. The smallest absolute Gasteiger partial charge is 0.240 e. The Bertz CT molecular complexity index is 352. The summed E-state index contributed by atoms with van der Waals surface area (Å²) in [4.78, 5) is 6.73. The second-order valence-electron chi connectivity index (χ2n) is 4.85. The number of aryl methyl sites for hydroxylation is 1. The number of likely N-dealkylation sites (tertiary alicyclic amines) is 1. The maximum Gasteiger partial charge on any atom is 0.240 e. The highest BCUT2D eigenvalue weighted by atomic mass is 16.5.